The molecule has 0 fully saturated rings. The van der Waals surface area contributed by atoms with Gasteiger partial charge in [0.25, 0.3) is 0 Å². The Bertz CT molecular complexity index is 1230. The highest BCUT2D eigenvalue weighted by molar-refractivity contribution is 5.76. The molecule has 1 amide bonds. The molecule has 0 aromatic heterocycles. The zero-order valence-corrected chi connectivity index (χ0v) is 48.9. The number of rotatable bonds is 60. The lowest BCUT2D eigenvalue weighted by Crippen LogP contribution is -2.45. The first-order valence-corrected chi connectivity index (χ1v) is 32.4. The van der Waals surface area contributed by atoms with Crippen molar-refractivity contribution >= 4 is 11.9 Å². The maximum absolute atomic E-state index is 12.5. The minimum absolute atomic E-state index is 0.00195. The number of aliphatic hydroxyl groups is 2. The number of unbranched alkanes of at least 4 members (excludes halogenated alkanes) is 43. The third kappa shape index (κ3) is 58.9. The van der Waals surface area contributed by atoms with E-state index in [9.17, 15) is 19.8 Å². The third-order valence-corrected chi connectivity index (χ3v) is 14.8. The van der Waals surface area contributed by atoms with E-state index < -0.39 is 12.1 Å². The molecule has 0 bridgehead atoms. The quantitative estimate of drug-likeness (QED) is 0.0320. The van der Waals surface area contributed by atoms with Gasteiger partial charge >= 0.3 is 5.97 Å². The fourth-order valence-electron chi connectivity index (χ4n) is 9.84. The Morgan fingerprint density at radius 3 is 1.07 bits per heavy atom. The number of ether oxygens (including phenoxy) is 1. The first-order valence-electron chi connectivity index (χ1n) is 32.4. The number of carbonyl (C=O) groups is 2. The SMILES string of the molecule is CCCCCC/C=C\C/C=C\CCCCCCCCCC(=O)OCCCCCCCCCCCCC/C=C\CCCCCCCCCC(=O)NC(CO)C(O)/C=C/CCCCCCCCCCCCCCCC. The molecule has 0 aliphatic carbocycles. The molecule has 73 heavy (non-hydrogen) atoms. The lowest BCUT2D eigenvalue weighted by molar-refractivity contribution is -0.143. The maximum Gasteiger partial charge on any atom is 0.305 e. The van der Waals surface area contributed by atoms with Crippen molar-refractivity contribution in [3.05, 3.63) is 48.6 Å². The fourth-order valence-corrected chi connectivity index (χ4v) is 9.84. The Morgan fingerprint density at radius 2 is 0.685 bits per heavy atom. The van der Waals surface area contributed by atoms with Crippen LogP contribution in [-0.4, -0.2) is 47.4 Å². The van der Waals surface area contributed by atoms with Crippen molar-refractivity contribution in [1.29, 1.82) is 0 Å². The number of carbonyl (C=O) groups excluding carboxylic acids is 2. The van der Waals surface area contributed by atoms with Gasteiger partial charge in [-0.3, -0.25) is 9.59 Å². The van der Waals surface area contributed by atoms with Gasteiger partial charge in [0.1, 0.15) is 0 Å². The van der Waals surface area contributed by atoms with E-state index >= 15 is 0 Å². The molecule has 0 aromatic rings. The van der Waals surface area contributed by atoms with Crippen LogP contribution in [0, 0.1) is 0 Å². The number of nitrogens with one attached hydrogen (secondary N) is 1. The molecule has 6 nitrogen and oxygen atoms in total. The number of aliphatic hydroxyl groups excluding tert-OH is 2. The first-order chi connectivity index (χ1) is 36.0. The fraction of sp³-hybridized carbons (Fsp3) is 0.851. The van der Waals surface area contributed by atoms with Gasteiger partial charge in [-0.2, -0.15) is 0 Å². The van der Waals surface area contributed by atoms with Crippen LogP contribution in [0.4, 0.5) is 0 Å². The van der Waals surface area contributed by atoms with E-state index in [-0.39, 0.29) is 18.5 Å². The van der Waals surface area contributed by atoms with Gasteiger partial charge in [-0.1, -0.05) is 287 Å². The van der Waals surface area contributed by atoms with Crippen molar-refractivity contribution in [3.8, 4) is 0 Å². The Labute approximate surface area is 455 Å². The van der Waals surface area contributed by atoms with Crippen LogP contribution >= 0.6 is 0 Å². The average Bonchev–Trinajstić information content (AvgIpc) is 3.39. The standard InChI is InChI=1S/C67H125NO5/c1-3-5-7-9-11-13-15-17-19-21-29-33-37-41-45-49-53-57-61-67(72)73-62-58-54-50-46-42-38-34-30-27-25-23-22-24-26-28-32-36-40-44-48-52-56-60-66(71)68-64(63-69)65(70)59-55-51-47-43-39-35-31-20-18-16-14-12-10-8-6-4-2/h13,15,19,21,24,26,55,59,64-65,69-70H,3-12,14,16-18,20,22-23,25,27-54,56-58,60-63H2,1-2H3,(H,68,71)/b15-13-,21-19-,26-24-,59-55+. The maximum atomic E-state index is 12.5. The van der Waals surface area contributed by atoms with E-state index in [2.05, 4.69) is 55.6 Å². The Kier molecular flexibility index (Phi) is 60.5. The Hall–Kier alpha value is -2.18. The van der Waals surface area contributed by atoms with Crippen molar-refractivity contribution in [1.82, 2.24) is 5.32 Å². The van der Waals surface area contributed by atoms with E-state index in [1.54, 1.807) is 6.08 Å². The molecule has 2 unspecified atom stereocenters. The molecule has 3 N–H and O–H groups in total. The summed E-state index contributed by atoms with van der Waals surface area (Å²) < 4.78 is 5.49. The van der Waals surface area contributed by atoms with Crippen molar-refractivity contribution < 1.29 is 24.5 Å². The molecule has 0 rings (SSSR count). The number of hydrogen-bond donors (Lipinski definition) is 3. The van der Waals surface area contributed by atoms with Crippen molar-refractivity contribution in [2.75, 3.05) is 13.2 Å². The molecule has 0 aromatic carbocycles. The molecule has 2 atom stereocenters. The summed E-state index contributed by atoms with van der Waals surface area (Å²) in [7, 11) is 0. The second-order valence-electron chi connectivity index (χ2n) is 22.1. The summed E-state index contributed by atoms with van der Waals surface area (Å²) in [5.41, 5.74) is 0. The smallest absolute Gasteiger partial charge is 0.305 e. The highest BCUT2D eigenvalue weighted by Crippen LogP contribution is 2.17. The summed E-state index contributed by atoms with van der Waals surface area (Å²) >= 11 is 0. The van der Waals surface area contributed by atoms with E-state index in [1.807, 2.05) is 6.08 Å². The zero-order chi connectivity index (χ0) is 52.9. The summed E-state index contributed by atoms with van der Waals surface area (Å²) in [6.07, 6.45) is 80.1. The molecule has 0 aliphatic rings. The van der Waals surface area contributed by atoms with E-state index in [0.717, 1.165) is 57.8 Å². The van der Waals surface area contributed by atoms with Gasteiger partial charge in [0.2, 0.25) is 5.91 Å². The molecule has 428 valence electrons. The monoisotopic (exact) mass is 1020 g/mol. The van der Waals surface area contributed by atoms with Gasteiger partial charge in [-0.25, -0.2) is 0 Å². The van der Waals surface area contributed by atoms with Crippen LogP contribution in [-0.2, 0) is 14.3 Å². The number of amides is 1. The normalized spacial score (nSPS) is 12.9. The molecule has 0 spiro atoms. The molecule has 0 aliphatic heterocycles. The summed E-state index contributed by atoms with van der Waals surface area (Å²) in [6, 6.07) is -0.634. The average molecular weight is 1020 g/mol. The van der Waals surface area contributed by atoms with E-state index in [0.29, 0.717) is 19.4 Å². The third-order valence-electron chi connectivity index (χ3n) is 14.8. The second-order valence-corrected chi connectivity index (χ2v) is 22.1. The van der Waals surface area contributed by atoms with E-state index in [4.69, 9.17) is 4.74 Å². The van der Waals surface area contributed by atoms with Gasteiger partial charge in [0.15, 0.2) is 0 Å². The summed E-state index contributed by atoms with van der Waals surface area (Å²) in [6.45, 7) is 4.89. The van der Waals surface area contributed by atoms with Gasteiger partial charge in [0.05, 0.1) is 25.4 Å². The predicted molar refractivity (Wildman–Crippen MR) is 319 cm³/mol. The summed E-state index contributed by atoms with van der Waals surface area (Å²) in [4.78, 5) is 24.6. The van der Waals surface area contributed by atoms with Gasteiger partial charge in [0, 0.05) is 12.8 Å². The van der Waals surface area contributed by atoms with Crippen molar-refractivity contribution in [2.45, 2.75) is 353 Å². The molecule has 0 saturated carbocycles. The molecular formula is C67H125NO5. The predicted octanol–water partition coefficient (Wildman–Crippen LogP) is 20.5. The number of hydrogen-bond acceptors (Lipinski definition) is 5. The van der Waals surface area contributed by atoms with Crippen LogP contribution in [0.3, 0.4) is 0 Å². The minimum Gasteiger partial charge on any atom is -0.466 e. The Morgan fingerprint density at radius 1 is 0.384 bits per heavy atom. The zero-order valence-electron chi connectivity index (χ0n) is 48.9. The highest BCUT2D eigenvalue weighted by Gasteiger charge is 2.18. The molecular weight excluding hydrogens is 899 g/mol. The molecule has 0 radical (unpaired) electrons. The second kappa shape index (κ2) is 62.4. The minimum atomic E-state index is -0.850. The van der Waals surface area contributed by atoms with Crippen LogP contribution in [0.25, 0.3) is 0 Å². The molecule has 6 heteroatoms. The molecule has 0 heterocycles. The van der Waals surface area contributed by atoms with Gasteiger partial charge in [-0.05, 0) is 89.9 Å². The van der Waals surface area contributed by atoms with Gasteiger partial charge < -0.3 is 20.3 Å². The Balaban J connectivity index is 3.44. The summed E-state index contributed by atoms with van der Waals surface area (Å²) in [5.74, 6) is -0.0720. The molecule has 0 saturated heterocycles. The van der Waals surface area contributed by atoms with Crippen molar-refractivity contribution in [3.63, 3.8) is 0 Å². The van der Waals surface area contributed by atoms with E-state index in [1.165, 1.54) is 257 Å². The van der Waals surface area contributed by atoms with Gasteiger partial charge in [-0.15, -0.1) is 0 Å². The van der Waals surface area contributed by atoms with Crippen molar-refractivity contribution in [2.24, 2.45) is 0 Å². The van der Waals surface area contributed by atoms with Crippen LogP contribution in [0.1, 0.15) is 341 Å². The van der Waals surface area contributed by atoms with Crippen LogP contribution in [0.2, 0.25) is 0 Å². The van der Waals surface area contributed by atoms with Crippen LogP contribution < -0.4 is 5.32 Å². The number of allylic oxidation sites excluding steroid dienone is 7. The lowest BCUT2D eigenvalue weighted by Gasteiger charge is -2.20. The van der Waals surface area contributed by atoms with Crippen LogP contribution in [0.15, 0.2) is 48.6 Å². The first kappa shape index (κ1) is 70.8. The highest BCUT2D eigenvalue weighted by atomic mass is 16.5. The number of esters is 1. The summed E-state index contributed by atoms with van der Waals surface area (Å²) in [5, 5.41) is 23.1. The largest absolute Gasteiger partial charge is 0.466 e. The van der Waals surface area contributed by atoms with Crippen LogP contribution in [0.5, 0.6) is 0 Å². The topological polar surface area (TPSA) is 95.9 Å². The lowest BCUT2D eigenvalue weighted by atomic mass is 10.0.